The Morgan fingerprint density at radius 1 is 1.18 bits per heavy atom. The topological polar surface area (TPSA) is 58.2 Å². The maximum atomic E-state index is 12.8. The number of nitrogens with one attached hydrogen (secondary N) is 2. The number of allylic oxidation sites excluding steroid dienone is 7. The number of Topliss-reactive ketones (excluding diaryl/α,β-unsaturated/α-hetero) is 1. The maximum Gasteiger partial charge on any atom is 0.245 e. The summed E-state index contributed by atoms with van der Waals surface area (Å²) in [6.07, 6.45) is 14.6. The molecule has 2 N–H and O–H groups in total. The van der Waals surface area contributed by atoms with Gasteiger partial charge in [-0.05, 0) is 58.3 Å². The molecule has 0 radical (unpaired) electrons. The molecule has 0 aromatic carbocycles. The standard InChI is InChI=1S/C24H38N2O2/c1-18(17-23(3,4)5)26-24(6,7)22(28)25-21(19(2)27)16-12-15-20-13-10-8-9-11-14-20/h8-10,13-14,21,26H,1,11-12,15-17H2,2-7H3,(H,25,28). The number of carbonyl (C=O) groups is 2. The Hall–Kier alpha value is -2.10. The predicted molar refractivity (Wildman–Crippen MR) is 118 cm³/mol. The minimum atomic E-state index is -0.825. The number of hydrogen-bond donors (Lipinski definition) is 2. The molecule has 0 fully saturated rings. The molecule has 0 aromatic heterocycles. The summed E-state index contributed by atoms with van der Waals surface area (Å²) in [7, 11) is 0. The van der Waals surface area contributed by atoms with Crippen molar-refractivity contribution in [2.75, 3.05) is 0 Å². The third kappa shape index (κ3) is 9.20. The summed E-state index contributed by atoms with van der Waals surface area (Å²) < 4.78 is 0. The molecule has 28 heavy (non-hydrogen) atoms. The minimum absolute atomic E-state index is 0.00952. The number of carbonyl (C=O) groups excluding carboxylic acids is 2. The van der Waals surface area contributed by atoms with Crippen molar-refractivity contribution in [1.82, 2.24) is 10.6 Å². The van der Waals surface area contributed by atoms with Crippen molar-refractivity contribution in [3.63, 3.8) is 0 Å². The molecule has 1 atom stereocenters. The molecule has 1 amide bonds. The van der Waals surface area contributed by atoms with Gasteiger partial charge in [0, 0.05) is 5.70 Å². The van der Waals surface area contributed by atoms with Crippen LogP contribution in [0.25, 0.3) is 0 Å². The predicted octanol–water partition coefficient (Wildman–Crippen LogP) is 4.99. The summed E-state index contributed by atoms with van der Waals surface area (Å²) in [6, 6.07) is -0.460. The summed E-state index contributed by atoms with van der Waals surface area (Å²) in [5, 5.41) is 6.16. The molecule has 0 aromatic rings. The Bertz CT molecular complexity index is 661. The van der Waals surface area contributed by atoms with Crippen LogP contribution in [0.4, 0.5) is 0 Å². The van der Waals surface area contributed by atoms with Crippen molar-refractivity contribution >= 4 is 11.7 Å². The van der Waals surface area contributed by atoms with Crippen molar-refractivity contribution in [3.8, 4) is 0 Å². The quantitative estimate of drug-likeness (QED) is 0.556. The van der Waals surface area contributed by atoms with Gasteiger partial charge in [0.2, 0.25) is 5.91 Å². The van der Waals surface area contributed by atoms with Crippen molar-refractivity contribution in [2.24, 2.45) is 5.41 Å². The van der Waals surface area contributed by atoms with E-state index < -0.39 is 11.6 Å². The van der Waals surface area contributed by atoms with Crippen LogP contribution in [0.3, 0.4) is 0 Å². The van der Waals surface area contributed by atoms with Crippen LogP contribution >= 0.6 is 0 Å². The molecule has 0 saturated carbocycles. The van der Waals surface area contributed by atoms with Crippen molar-refractivity contribution in [3.05, 3.63) is 48.2 Å². The van der Waals surface area contributed by atoms with Crippen molar-refractivity contribution in [1.29, 1.82) is 0 Å². The van der Waals surface area contributed by atoms with Crippen LogP contribution in [0.2, 0.25) is 0 Å². The summed E-state index contributed by atoms with van der Waals surface area (Å²) in [5.74, 6) is -0.190. The van der Waals surface area contributed by atoms with Gasteiger partial charge in [-0.15, -0.1) is 0 Å². The van der Waals surface area contributed by atoms with E-state index >= 15 is 0 Å². The second-order valence-corrected chi connectivity index (χ2v) is 9.42. The molecule has 1 aliphatic rings. The summed E-state index contributed by atoms with van der Waals surface area (Å²) in [4.78, 5) is 24.9. The lowest BCUT2D eigenvalue weighted by Gasteiger charge is -2.31. The van der Waals surface area contributed by atoms with Crippen molar-refractivity contribution < 1.29 is 9.59 Å². The zero-order valence-corrected chi connectivity index (χ0v) is 18.5. The van der Waals surface area contributed by atoms with E-state index in [-0.39, 0.29) is 17.1 Å². The van der Waals surface area contributed by atoms with E-state index in [1.807, 2.05) is 26.0 Å². The monoisotopic (exact) mass is 386 g/mol. The fourth-order valence-corrected chi connectivity index (χ4v) is 3.22. The van der Waals surface area contributed by atoms with E-state index in [9.17, 15) is 9.59 Å². The first-order valence-electron chi connectivity index (χ1n) is 10.2. The molecule has 0 heterocycles. The molecule has 0 spiro atoms. The molecule has 0 saturated heterocycles. The Balaban J connectivity index is 2.59. The van der Waals surface area contributed by atoms with Crippen LogP contribution in [0.15, 0.2) is 48.2 Å². The highest BCUT2D eigenvalue weighted by Crippen LogP contribution is 2.23. The van der Waals surface area contributed by atoms with Gasteiger partial charge in [-0.1, -0.05) is 63.3 Å². The maximum absolute atomic E-state index is 12.8. The Kier molecular flexibility index (Phi) is 8.93. The fourth-order valence-electron chi connectivity index (χ4n) is 3.22. The van der Waals surface area contributed by atoms with E-state index in [1.165, 1.54) is 5.57 Å². The van der Waals surface area contributed by atoms with Gasteiger partial charge in [0.25, 0.3) is 0 Å². The van der Waals surface area contributed by atoms with E-state index in [2.05, 4.69) is 56.2 Å². The number of rotatable bonds is 10. The fraction of sp³-hybridized carbons (Fsp3) is 0.583. The SMILES string of the molecule is C=C(CC(C)(C)C)NC(C)(C)C(=O)NC(CCCC1=CCC=CC=C1)C(C)=O. The molecule has 156 valence electrons. The second kappa shape index (κ2) is 10.4. The lowest BCUT2D eigenvalue weighted by Crippen LogP contribution is -2.55. The molecule has 0 aliphatic heterocycles. The van der Waals surface area contributed by atoms with Gasteiger partial charge in [-0.25, -0.2) is 0 Å². The number of amides is 1. The van der Waals surface area contributed by atoms with E-state index in [0.29, 0.717) is 6.42 Å². The third-order valence-electron chi connectivity index (χ3n) is 4.63. The van der Waals surface area contributed by atoms with Gasteiger partial charge in [-0.3, -0.25) is 9.59 Å². The Morgan fingerprint density at radius 3 is 2.46 bits per heavy atom. The highest BCUT2D eigenvalue weighted by Gasteiger charge is 2.31. The first-order valence-corrected chi connectivity index (χ1v) is 10.2. The van der Waals surface area contributed by atoms with Crippen molar-refractivity contribution in [2.45, 2.75) is 85.2 Å². The Labute approximate surface area is 171 Å². The lowest BCUT2D eigenvalue weighted by atomic mass is 9.90. The smallest absolute Gasteiger partial charge is 0.245 e. The molecule has 1 aliphatic carbocycles. The van der Waals surface area contributed by atoms with Crippen LogP contribution in [-0.2, 0) is 9.59 Å². The van der Waals surface area contributed by atoms with Crippen LogP contribution < -0.4 is 10.6 Å². The molecule has 4 nitrogen and oxygen atoms in total. The van der Waals surface area contributed by atoms with E-state index in [4.69, 9.17) is 0 Å². The van der Waals surface area contributed by atoms with Crippen LogP contribution in [0.5, 0.6) is 0 Å². The van der Waals surface area contributed by atoms with Gasteiger partial charge in [0.15, 0.2) is 5.78 Å². The molecule has 4 heteroatoms. The van der Waals surface area contributed by atoms with Gasteiger partial charge in [0.1, 0.15) is 5.54 Å². The molecular formula is C24H38N2O2. The van der Waals surface area contributed by atoms with Gasteiger partial charge >= 0.3 is 0 Å². The van der Waals surface area contributed by atoms with Gasteiger partial charge < -0.3 is 10.6 Å². The minimum Gasteiger partial charge on any atom is -0.375 e. The molecular weight excluding hydrogens is 348 g/mol. The third-order valence-corrected chi connectivity index (χ3v) is 4.63. The van der Waals surface area contributed by atoms with Gasteiger partial charge in [0.05, 0.1) is 6.04 Å². The second-order valence-electron chi connectivity index (χ2n) is 9.42. The first kappa shape index (κ1) is 23.9. The Morgan fingerprint density at radius 2 is 1.86 bits per heavy atom. The van der Waals surface area contributed by atoms with Crippen LogP contribution in [-0.4, -0.2) is 23.3 Å². The van der Waals surface area contributed by atoms with E-state index in [0.717, 1.165) is 31.4 Å². The van der Waals surface area contributed by atoms with E-state index in [1.54, 1.807) is 6.92 Å². The summed E-state index contributed by atoms with van der Waals surface area (Å²) in [6.45, 7) is 15.6. The molecule has 1 rings (SSSR count). The zero-order valence-electron chi connectivity index (χ0n) is 18.5. The number of hydrogen-bond acceptors (Lipinski definition) is 3. The summed E-state index contributed by atoms with van der Waals surface area (Å²) >= 11 is 0. The normalized spacial score (nSPS) is 15.4. The first-order chi connectivity index (χ1) is 12.9. The zero-order chi connectivity index (χ0) is 21.4. The summed E-state index contributed by atoms with van der Waals surface area (Å²) in [5.41, 5.74) is 1.37. The highest BCUT2D eigenvalue weighted by molar-refractivity contribution is 5.91. The van der Waals surface area contributed by atoms with Crippen LogP contribution in [0, 0.1) is 5.41 Å². The van der Waals surface area contributed by atoms with Gasteiger partial charge in [-0.2, -0.15) is 0 Å². The molecule has 0 bridgehead atoms. The largest absolute Gasteiger partial charge is 0.375 e. The molecule has 1 unspecified atom stereocenters. The van der Waals surface area contributed by atoms with Crippen LogP contribution in [0.1, 0.15) is 73.6 Å². The number of ketones is 1. The average Bonchev–Trinajstić information content (AvgIpc) is 2.79. The average molecular weight is 387 g/mol. The lowest BCUT2D eigenvalue weighted by molar-refractivity contribution is -0.130. The highest BCUT2D eigenvalue weighted by atomic mass is 16.2.